The summed E-state index contributed by atoms with van der Waals surface area (Å²) >= 11 is 0. The van der Waals surface area contributed by atoms with Crippen LogP contribution in [0, 0.1) is 17.5 Å². The van der Waals surface area contributed by atoms with Crippen molar-refractivity contribution in [3.8, 4) is 0 Å². The molecular weight excluding hydrogens is 245 g/mol. The first-order chi connectivity index (χ1) is 8.56. The molecule has 1 aromatic rings. The molecule has 0 aliphatic heterocycles. The molecular formula is C12H13F3N2O. The van der Waals surface area contributed by atoms with Gasteiger partial charge in [-0.3, -0.25) is 4.79 Å². The van der Waals surface area contributed by atoms with Gasteiger partial charge >= 0.3 is 0 Å². The van der Waals surface area contributed by atoms with Gasteiger partial charge in [-0.05, 0) is 12.8 Å². The number of hydrogen-bond donors (Lipinski definition) is 2. The SMILES string of the molecule is O=C(CCNC1CC1)Nc1cc(F)c(F)c(F)c1. The smallest absolute Gasteiger partial charge is 0.225 e. The number of rotatable bonds is 5. The molecule has 0 aromatic heterocycles. The quantitative estimate of drug-likeness (QED) is 0.795. The van der Waals surface area contributed by atoms with E-state index >= 15 is 0 Å². The minimum Gasteiger partial charge on any atom is -0.326 e. The summed E-state index contributed by atoms with van der Waals surface area (Å²) in [4.78, 5) is 11.4. The minimum atomic E-state index is -1.54. The Morgan fingerprint density at radius 2 is 1.83 bits per heavy atom. The lowest BCUT2D eigenvalue weighted by Crippen LogP contribution is -2.23. The molecule has 0 bridgehead atoms. The van der Waals surface area contributed by atoms with Gasteiger partial charge in [0.15, 0.2) is 17.5 Å². The van der Waals surface area contributed by atoms with E-state index in [9.17, 15) is 18.0 Å². The zero-order valence-corrected chi connectivity index (χ0v) is 9.60. The van der Waals surface area contributed by atoms with Gasteiger partial charge < -0.3 is 10.6 Å². The van der Waals surface area contributed by atoms with Gasteiger partial charge in [-0.2, -0.15) is 0 Å². The van der Waals surface area contributed by atoms with E-state index in [1.807, 2.05) is 0 Å². The van der Waals surface area contributed by atoms with Crippen LogP contribution < -0.4 is 10.6 Å². The molecule has 1 fully saturated rings. The van der Waals surface area contributed by atoms with Gasteiger partial charge in [0, 0.05) is 36.8 Å². The van der Waals surface area contributed by atoms with Gasteiger partial charge in [0.2, 0.25) is 5.91 Å². The van der Waals surface area contributed by atoms with Crippen LogP contribution in [-0.2, 0) is 4.79 Å². The van der Waals surface area contributed by atoms with Gasteiger partial charge in [-0.1, -0.05) is 0 Å². The van der Waals surface area contributed by atoms with Gasteiger partial charge in [0.1, 0.15) is 0 Å². The molecule has 0 unspecified atom stereocenters. The summed E-state index contributed by atoms with van der Waals surface area (Å²) in [5, 5.41) is 5.46. The summed E-state index contributed by atoms with van der Waals surface area (Å²) in [5.74, 6) is -4.54. The molecule has 1 amide bonds. The maximum Gasteiger partial charge on any atom is 0.225 e. The lowest BCUT2D eigenvalue weighted by molar-refractivity contribution is -0.116. The van der Waals surface area contributed by atoms with Crippen molar-refractivity contribution in [1.29, 1.82) is 0 Å². The van der Waals surface area contributed by atoms with Crippen molar-refractivity contribution in [2.24, 2.45) is 0 Å². The molecule has 0 heterocycles. The lowest BCUT2D eigenvalue weighted by atomic mass is 10.2. The highest BCUT2D eigenvalue weighted by Gasteiger charge is 2.20. The fourth-order valence-corrected chi connectivity index (χ4v) is 1.53. The Bertz CT molecular complexity index is 438. The lowest BCUT2D eigenvalue weighted by Gasteiger charge is -2.06. The van der Waals surface area contributed by atoms with Gasteiger partial charge in [0.25, 0.3) is 0 Å². The van der Waals surface area contributed by atoms with Crippen molar-refractivity contribution >= 4 is 11.6 Å². The fourth-order valence-electron chi connectivity index (χ4n) is 1.53. The third-order valence-electron chi connectivity index (χ3n) is 2.63. The first kappa shape index (κ1) is 12.9. The zero-order chi connectivity index (χ0) is 13.1. The summed E-state index contributed by atoms with van der Waals surface area (Å²) in [6, 6.07) is 2.01. The standard InChI is InChI=1S/C12H13F3N2O/c13-9-5-8(6-10(14)12(9)15)17-11(18)3-4-16-7-1-2-7/h5-7,16H,1-4H2,(H,17,18). The molecule has 2 N–H and O–H groups in total. The first-order valence-electron chi connectivity index (χ1n) is 5.74. The Labute approximate surface area is 102 Å². The van der Waals surface area contributed by atoms with E-state index in [-0.39, 0.29) is 18.0 Å². The molecule has 0 atom stereocenters. The largest absolute Gasteiger partial charge is 0.326 e. The highest BCUT2D eigenvalue weighted by Crippen LogP contribution is 2.19. The van der Waals surface area contributed by atoms with E-state index in [2.05, 4.69) is 10.6 Å². The van der Waals surface area contributed by atoms with Crippen LogP contribution in [-0.4, -0.2) is 18.5 Å². The second kappa shape index (κ2) is 5.39. The summed E-state index contributed by atoms with van der Waals surface area (Å²) in [6.45, 7) is 0.517. The fraction of sp³-hybridized carbons (Fsp3) is 0.417. The maximum absolute atomic E-state index is 12.9. The van der Waals surface area contributed by atoms with Crippen LogP contribution in [0.4, 0.5) is 18.9 Å². The highest BCUT2D eigenvalue weighted by molar-refractivity contribution is 5.90. The van der Waals surface area contributed by atoms with Crippen molar-refractivity contribution < 1.29 is 18.0 Å². The number of amides is 1. The molecule has 0 saturated heterocycles. The van der Waals surface area contributed by atoms with Crippen molar-refractivity contribution in [3.63, 3.8) is 0 Å². The monoisotopic (exact) mass is 258 g/mol. The second-order valence-corrected chi connectivity index (χ2v) is 4.28. The molecule has 1 aliphatic carbocycles. The second-order valence-electron chi connectivity index (χ2n) is 4.28. The number of carbonyl (C=O) groups excluding carboxylic acids is 1. The third kappa shape index (κ3) is 3.46. The molecule has 98 valence electrons. The van der Waals surface area contributed by atoms with Crippen molar-refractivity contribution in [1.82, 2.24) is 5.32 Å². The van der Waals surface area contributed by atoms with Crippen LogP contribution in [0.5, 0.6) is 0 Å². The molecule has 18 heavy (non-hydrogen) atoms. The Morgan fingerprint density at radius 1 is 1.22 bits per heavy atom. The molecule has 2 rings (SSSR count). The van der Waals surface area contributed by atoms with Crippen molar-refractivity contribution in [2.75, 3.05) is 11.9 Å². The van der Waals surface area contributed by atoms with E-state index in [1.165, 1.54) is 0 Å². The molecule has 1 aromatic carbocycles. The van der Waals surface area contributed by atoms with Crippen molar-refractivity contribution in [3.05, 3.63) is 29.6 Å². The summed E-state index contributed by atoms with van der Waals surface area (Å²) in [6.07, 6.45) is 2.45. The van der Waals surface area contributed by atoms with Crippen LogP contribution in [0.2, 0.25) is 0 Å². The average Bonchev–Trinajstić information content (AvgIpc) is 3.09. The Balaban J connectivity index is 1.85. The Hall–Kier alpha value is -1.56. The number of hydrogen-bond acceptors (Lipinski definition) is 2. The van der Waals surface area contributed by atoms with E-state index in [0.29, 0.717) is 12.6 Å². The van der Waals surface area contributed by atoms with Gasteiger partial charge in [-0.25, -0.2) is 13.2 Å². The van der Waals surface area contributed by atoms with Crippen LogP contribution in [0.15, 0.2) is 12.1 Å². The predicted molar refractivity (Wildman–Crippen MR) is 60.6 cm³/mol. The molecule has 0 spiro atoms. The minimum absolute atomic E-state index is 0.0807. The van der Waals surface area contributed by atoms with E-state index < -0.39 is 17.5 Å². The number of carbonyl (C=O) groups is 1. The molecule has 1 saturated carbocycles. The first-order valence-corrected chi connectivity index (χ1v) is 5.74. The zero-order valence-electron chi connectivity index (χ0n) is 9.60. The summed E-state index contributed by atoms with van der Waals surface area (Å²) < 4.78 is 38.4. The predicted octanol–water partition coefficient (Wildman–Crippen LogP) is 2.18. The van der Waals surface area contributed by atoms with Crippen LogP contribution in [0.1, 0.15) is 19.3 Å². The summed E-state index contributed by atoms with van der Waals surface area (Å²) in [7, 11) is 0. The average molecular weight is 258 g/mol. The summed E-state index contributed by atoms with van der Waals surface area (Å²) in [5.41, 5.74) is -0.0807. The topological polar surface area (TPSA) is 41.1 Å². The van der Waals surface area contributed by atoms with E-state index in [1.54, 1.807) is 0 Å². The molecule has 3 nitrogen and oxygen atoms in total. The number of halogens is 3. The Morgan fingerprint density at radius 3 is 2.39 bits per heavy atom. The van der Waals surface area contributed by atoms with E-state index in [0.717, 1.165) is 25.0 Å². The van der Waals surface area contributed by atoms with Crippen molar-refractivity contribution in [2.45, 2.75) is 25.3 Å². The van der Waals surface area contributed by atoms with E-state index in [4.69, 9.17) is 0 Å². The number of nitrogens with one attached hydrogen (secondary N) is 2. The normalized spacial score (nSPS) is 14.6. The molecule has 6 heteroatoms. The van der Waals surface area contributed by atoms with Gasteiger partial charge in [0.05, 0.1) is 0 Å². The van der Waals surface area contributed by atoms with Crippen LogP contribution in [0.3, 0.4) is 0 Å². The van der Waals surface area contributed by atoms with Crippen LogP contribution in [0.25, 0.3) is 0 Å². The Kier molecular flexibility index (Phi) is 3.86. The molecule has 0 radical (unpaired) electrons. The van der Waals surface area contributed by atoms with Crippen LogP contribution >= 0.6 is 0 Å². The maximum atomic E-state index is 12.9. The number of benzene rings is 1. The van der Waals surface area contributed by atoms with Gasteiger partial charge in [-0.15, -0.1) is 0 Å². The number of anilines is 1. The third-order valence-corrected chi connectivity index (χ3v) is 2.63. The molecule has 1 aliphatic rings. The highest BCUT2D eigenvalue weighted by atomic mass is 19.2.